The second-order valence-electron chi connectivity index (χ2n) is 11.5. The lowest BCUT2D eigenvalue weighted by atomic mass is 10.0. The van der Waals surface area contributed by atoms with Crippen LogP contribution < -0.4 is 9.64 Å². The summed E-state index contributed by atoms with van der Waals surface area (Å²) in [6.45, 7) is 6.62. The van der Waals surface area contributed by atoms with Crippen molar-refractivity contribution in [3.8, 4) is 17.3 Å². The molecule has 8 nitrogen and oxygen atoms in total. The maximum atomic E-state index is 16.0. The van der Waals surface area contributed by atoms with Crippen LogP contribution in [0.15, 0.2) is 55.3 Å². The molecule has 3 aliphatic heterocycles. The lowest BCUT2D eigenvalue weighted by molar-refractivity contribution is -0.132. The minimum atomic E-state index is -0.586. The number of methoxy groups -OCH3 is 1. The van der Waals surface area contributed by atoms with Crippen LogP contribution in [0.25, 0.3) is 32.9 Å². The highest BCUT2D eigenvalue weighted by atomic mass is 35.5. The standard InChI is InChI=1S/C26H23ClFN5O2.C7H12FN/c1-4-20(34)33-12-11-16(33)14-32(2)25-18-13-29-23(22(28)24(18)30-26(31-25)35-3)17-9-5-7-15-8-6-10-19(27)21(15)17;8-6-4-7-2-1-3-9(7)5-6/h4-10,13,16H,1,11-12,14H2,2-3H3;6-7H,1-5H2. The number of pyridine rings is 1. The van der Waals surface area contributed by atoms with E-state index in [-0.39, 0.29) is 29.2 Å². The van der Waals surface area contributed by atoms with Crippen LogP contribution >= 0.6 is 11.6 Å². The van der Waals surface area contributed by atoms with E-state index in [4.69, 9.17) is 16.3 Å². The van der Waals surface area contributed by atoms with Crippen LogP contribution in [0.1, 0.15) is 25.7 Å². The molecule has 2 aromatic carbocycles. The second-order valence-corrected chi connectivity index (χ2v) is 12.0. The molecule has 230 valence electrons. The van der Waals surface area contributed by atoms with E-state index in [1.807, 2.05) is 36.2 Å². The molecule has 3 unspecified atom stereocenters. The zero-order chi connectivity index (χ0) is 31.0. The molecule has 11 heteroatoms. The van der Waals surface area contributed by atoms with E-state index in [0.29, 0.717) is 47.5 Å². The number of amides is 1. The van der Waals surface area contributed by atoms with Crippen LogP contribution in [-0.4, -0.2) is 89.3 Å². The fourth-order valence-corrected chi connectivity index (χ4v) is 6.84. The Kier molecular flexibility index (Phi) is 8.64. The average Bonchev–Trinajstić information content (AvgIpc) is 3.60. The van der Waals surface area contributed by atoms with Gasteiger partial charge in [0.05, 0.1) is 18.5 Å². The summed E-state index contributed by atoms with van der Waals surface area (Å²) in [6, 6.07) is 11.8. The van der Waals surface area contributed by atoms with Gasteiger partial charge in [0.2, 0.25) is 5.91 Å². The lowest BCUT2D eigenvalue weighted by Gasteiger charge is -2.42. The van der Waals surface area contributed by atoms with Crippen LogP contribution in [0.4, 0.5) is 14.6 Å². The largest absolute Gasteiger partial charge is 0.467 e. The van der Waals surface area contributed by atoms with Gasteiger partial charge < -0.3 is 14.5 Å². The summed E-state index contributed by atoms with van der Waals surface area (Å²) in [5.41, 5.74) is 0.820. The third kappa shape index (κ3) is 5.68. The van der Waals surface area contributed by atoms with Gasteiger partial charge >= 0.3 is 6.01 Å². The fraction of sp³-hybridized carbons (Fsp3) is 0.394. The first kappa shape index (κ1) is 30.1. The number of hydrogen-bond donors (Lipinski definition) is 0. The summed E-state index contributed by atoms with van der Waals surface area (Å²) < 4.78 is 33.9. The highest BCUT2D eigenvalue weighted by Crippen LogP contribution is 2.37. The Balaban J connectivity index is 0.000000323. The Morgan fingerprint density at radius 1 is 1.20 bits per heavy atom. The molecule has 0 bridgehead atoms. The summed E-state index contributed by atoms with van der Waals surface area (Å²) in [6.07, 6.45) is 6.56. The molecule has 2 aromatic heterocycles. The van der Waals surface area contributed by atoms with Crippen molar-refractivity contribution < 1.29 is 18.3 Å². The number of alkyl halides is 1. The number of benzene rings is 2. The van der Waals surface area contributed by atoms with E-state index in [1.54, 1.807) is 23.2 Å². The molecule has 0 N–H and O–H groups in total. The van der Waals surface area contributed by atoms with Gasteiger partial charge in [-0.3, -0.25) is 14.7 Å². The number of fused-ring (bicyclic) bond motifs is 3. The molecule has 44 heavy (non-hydrogen) atoms. The lowest BCUT2D eigenvalue weighted by Crippen LogP contribution is -2.55. The normalized spacial score (nSPS) is 21.0. The van der Waals surface area contributed by atoms with Crippen LogP contribution in [0.3, 0.4) is 0 Å². The molecule has 3 saturated heterocycles. The molecule has 3 atom stereocenters. The molecule has 0 saturated carbocycles. The van der Waals surface area contributed by atoms with Crippen molar-refractivity contribution in [1.82, 2.24) is 24.8 Å². The monoisotopic (exact) mass is 620 g/mol. The fourth-order valence-electron chi connectivity index (χ4n) is 6.55. The first-order valence-corrected chi connectivity index (χ1v) is 15.3. The summed E-state index contributed by atoms with van der Waals surface area (Å²) >= 11 is 6.47. The predicted molar refractivity (Wildman–Crippen MR) is 169 cm³/mol. The topological polar surface area (TPSA) is 74.7 Å². The van der Waals surface area contributed by atoms with Crippen LogP contribution in [0.5, 0.6) is 6.01 Å². The predicted octanol–water partition coefficient (Wildman–Crippen LogP) is 6.06. The number of likely N-dealkylation sites (N-methyl/N-ethyl adjacent to an activating group) is 1. The molecule has 3 fully saturated rings. The number of anilines is 1. The van der Waals surface area contributed by atoms with Crippen molar-refractivity contribution in [2.75, 3.05) is 45.2 Å². The number of ether oxygens (including phenoxy) is 1. The van der Waals surface area contributed by atoms with Gasteiger partial charge in [-0.25, -0.2) is 8.78 Å². The summed E-state index contributed by atoms with van der Waals surface area (Å²) in [5, 5.41) is 2.56. The number of likely N-dealkylation sites (tertiary alicyclic amines) is 1. The number of halogens is 3. The van der Waals surface area contributed by atoms with E-state index in [9.17, 15) is 9.18 Å². The highest BCUT2D eigenvalue weighted by molar-refractivity contribution is 6.36. The molecule has 5 heterocycles. The van der Waals surface area contributed by atoms with Gasteiger partial charge in [-0.2, -0.15) is 9.97 Å². The molecule has 1 amide bonds. The zero-order valence-corrected chi connectivity index (χ0v) is 25.6. The van der Waals surface area contributed by atoms with Crippen LogP contribution in [0.2, 0.25) is 5.02 Å². The Morgan fingerprint density at radius 2 is 2.00 bits per heavy atom. The Morgan fingerprint density at radius 3 is 2.70 bits per heavy atom. The molecule has 3 aliphatic rings. The number of carbonyl (C=O) groups is 1. The highest BCUT2D eigenvalue weighted by Gasteiger charge is 2.35. The zero-order valence-electron chi connectivity index (χ0n) is 24.8. The summed E-state index contributed by atoms with van der Waals surface area (Å²) in [5.74, 6) is -0.220. The van der Waals surface area contributed by atoms with Gasteiger partial charge in [0, 0.05) is 54.9 Å². The van der Waals surface area contributed by atoms with E-state index >= 15 is 4.39 Å². The van der Waals surface area contributed by atoms with Crippen molar-refractivity contribution in [3.05, 3.63) is 66.1 Å². The number of rotatable bonds is 6. The van der Waals surface area contributed by atoms with Gasteiger partial charge in [0.15, 0.2) is 5.82 Å². The Labute approximate surface area is 260 Å². The molecule has 0 radical (unpaired) electrons. The Hall–Kier alpha value is -3.89. The van der Waals surface area contributed by atoms with Crippen molar-refractivity contribution in [1.29, 1.82) is 0 Å². The van der Waals surface area contributed by atoms with Gasteiger partial charge in [-0.15, -0.1) is 0 Å². The first-order valence-electron chi connectivity index (χ1n) is 14.9. The molecule has 7 rings (SSSR count). The molecule has 4 aromatic rings. The maximum absolute atomic E-state index is 16.0. The summed E-state index contributed by atoms with van der Waals surface area (Å²) in [7, 11) is 3.28. The minimum absolute atomic E-state index is 0.0106. The van der Waals surface area contributed by atoms with Gasteiger partial charge in [-0.05, 0) is 49.8 Å². The van der Waals surface area contributed by atoms with Crippen molar-refractivity contribution in [3.63, 3.8) is 0 Å². The number of carbonyl (C=O) groups excluding carboxylic acids is 1. The van der Waals surface area contributed by atoms with Crippen LogP contribution in [-0.2, 0) is 4.79 Å². The van der Waals surface area contributed by atoms with Crippen molar-refractivity contribution in [2.24, 2.45) is 0 Å². The molecule has 0 aliphatic carbocycles. The average molecular weight is 621 g/mol. The van der Waals surface area contributed by atoms with Crippen LogP contribution in [0, 0.1) is 5.82 Å². The first-order chi connectivity index (χ1) is 21.3. The third-order valence-corrected chi connectivity index (χ3v) is 9.16. The quantitative estimate of drug-likeness (QED) is 0.243. The Bertz CT molecular complexity index is 1700. The number of aromatic nitrogens is 3. The molecular weight excluding hydrogens is 586 g/mol. The maximum Gasteiger partial charge on any atom is 0.318 e. The minimum Gasteiger partial charge on any atom is -0.467 e. The van der Waals surface area contributed by atoms with Gasteiger partial charge in [0.25, 0.3) is 0 Å². The van der Waals surface area contributed by atoms with E-state index in [0.717, 1.165) is 30.2 Å². The van der Waals surface area contributed by atoms with Crippen molar-refractivity contribution >= 4 is 45.0 Å². The third-order valence-electron chi connectivity index (χ3n) is 8.84. The van der Waals surface area contributed by atoms with Gasteiger partial charge in [-0.1, -0.05) is 48.5 Å². The SMILES string of the molecule is C=CC(=O)N1CCC1CN(C)c1nc(OC)nc2c(F)c(-c3cccc4cccc(Cl)c34)ncc12.FC1CC2CCCN2C1. The number of hydrogen-bond acceptors (Lipinski definition) is 7. The smallest absolute Gasteiger partial charge is 0.318 e. The molecule has 0 spiro atoms. The van der Waals surface area contributed by atoms with E-state index < -0.39 is 12.0 Å². The van der Waals surface area contributed by atoms with Gasteiger partial charge in [0.1, 0.15) is 23.2 Å². The second kappa shape index (κ2) is 12.6. The van der Waals surface area contributed by atoms with E-state index in [2.05, 4.69) is 26.4 Å². The van der Waals surface area contributed by atoms with Crippen molar-refractivity contribution in [2.45, 2.75) is 43.9 Å². The van der Waals surface area contributed by atoms with E-state index in [1.165, 1.54) is 26.0 Å². The summed E-state index contributed by atoms with van der Waals surface area (Å²) in [4.78, 5) is 31.2. The number of nitrogens with zero attached hydrogens (tertiary/aromatic N) is 6. The molecular formula is C33H35ClF2N6O2.